The second-order valence-electron chi connectivity index (χ2n) is 3.54. The maximum Gasteiger partial charge on any atom is 0.220 e. The van der Waals surface area contributed by atoms with Crippen LogP contribution in [0.4, 0.5) is 0 Å². The van der Waals surface area contributed by atoms with Crippen molar-refractivity contribution in [2.45, 2.75) is 25.0 Å². The molecule has 0 radical (unpaired) electrons. The topological polar surface area (TPSA) is 69.2 Å². The van der Waals surface area contributed by atoms with Crippen LogP contribution in [-0.2, 0) is 15.9 Å². The molecule has 0 saturated carbocycles. The zero-order valence-corrected chi connectivity index (χ0v) is 7.94. The third kappa shape index (κ3) is 1.67. The first-order chi connectivity index (χ1) is 5.44. The third-order valence-electron chi connectivity index (χ3n) is 2.39. The third-order valence-corrected chi connectivity index (χ3v) is 3.58. The van der Waals surface area contributed by atoms with E-state index >= 15 is 0 Å². The molecule has 5 heteroatoms. The molecule has 0 aromatic rings. The van der Waals surface area contributed by atoms with E-state index in [9.17, 15) is 13.6 Å². The van der Waals surface area contributed by atoms with E-state index in [4.69, 9.17) is 0 Å². The highest BCUT2D eigenvalue weighted by molar-refractivity contribution is 7.80. The number of rotatable bonds is 2. The minimum atomic E-state index is -2.12. The number of carbonyl (C=O) groups is 1. The van der Waals surface area contributed by atoms with Crippen molar-refractivity contribution >= 4 is 17.0 Å². The molecule has 1 unspecified atom stereocenters. The van der Waals surface area contributed by atoms with Crippen LogP contribution in [0, 0.1) is 5.92 Å². The lowest BCUT2D eigenvalue weighted by atomic mass is 9.94. The van der Waals surface area contributed by atoms with Gasteiger partial charge in [0.1, 0.15) is 0 Å². The molecule has 1 aliphatic heterocycles. The molecule has 0 spiro atoms. The summed E-state index contributed by atoms with van der Waals surface area (Å²) in [7, 11) is 0. The summed E-state index contributed by atoms with van der Waals surface area (Å²) in [6, 6.07) is 0. The van der Waals surface area contributed by atoms with Crippen molar-refractivity contribution < 1.29 is 13.6 Å². The summed E-state index contributed by atoms with van der Waals surface area (Å²) >= 11 is -2.12. The monoisotopic (exact) mass is 190 g/mol. The molecule has 0 aromatic heterocycles. The van der Waals surface area contributed by atoms with Gasteiger partial charge in [-0.25, -0.2) is 0 Å². The molecule has 1 N–H and O–H groups in total. The zero-order valence-electron chi connectivity index (χ0n) is 7.12. The summed E-state index contributed by atoms with van der Waals surface area (Å²) in [5.41, 5.74) is 0. The highest BCUT2D eigenvalue weighted by atomic mass is 32.2. The minimum Gasteiger partial charge on any atom is -0.772 e. The van der Waals surface area contributed by atoms with Crippen molar-refractivity contribution in [3.05, 3.63) is 0 Å². The molecule has 1 fully saturated rings. The van der Waals surface area contributed by atoms with Gasteiger partial charge < -0.3 is 9.87 Å². The maximum atomic E-state index is 10.8. The fourth-order valence-corrected chi connectivity index (χ4v) is 1.67. The van der Waals surface area contributed by atoms with Crippen molar-refractivity contribution in [3.8, 4) is 0 Å². The smallest absolute Gasteiger partial charge is 0.220 e. The molecule has 2 atom stereocenters. The van der Waals surface area contributed by atoms with E-state index in [1.165, 1.54) is 0 Å². The lowest BCUT2D eigenvalue weighted by molar-refractivity contribution is -0.119. The van der Waals surface area contributed by atoms with E-state index in [1.54, 1.807) is 13.8 Å². The number of nitrogens with one attached hydrogen (secondary N) is 1. The van der Waals surface area contributed by atoms with Crippen LogP contribution in [0.1, 0.15) is 20.3 Å². The number of amides is 1. The Morgan fingerprint density at radius 2 is 2.25 bits per heavy atom. The lowest BCUT2D eigenvalue weighted by Gasteiger charge is -2.32. The summed E-state index contributed by atoms with van der Waals surface area (Å²) in [5.74, 6) is -0.151. The highest BCUT2D eigenvalue weighted by Gasteiger charge is 2.36. The number of carbonyl (C=O) groups excluding carboxylic acids is 1. The van der Waals surface area contributed by atoms with Crippen LogP contribution in [-0.4, -0.2) is 26.0 Å². The van der Waals surface area contributed by atoms with E-state index in [0.29, 0.717) is 13.0 Å². The van der Waals surface area contributed by atoms with Gasteiger partial charge in [-0.2, -0.15) is 0 Å². The van der Waals surface area contributed by atoms with Crippen LogP contribution in [0.15, 0.2) is 0 Å². The Morgan fingerprint density at radius 3 is 2.58 bits per heavy atom. The first-order valence-corrected chi connectivity index (χ1v) is 4.88. The molecule has 0 aromatic carbocycles. The molecule has 1 rings (SSSR count). The quantitative estimate of drug-likeness (QED) is 0.612. The minimum absolute atomic E-state index is 0.0569. The van der Waals surface area contributed by atoms with Crippen molar-refractivity contribution in [2.24, 2.45) is 5.92 Å². The Morgan fingerprint density at radius 1 is 1.67 bits per heavy atom. The van der Waals surface area contributed by atoms with Gasteiger partial charge in [0.05, 0.1) is 0 Å². The summed E-state index contributed by atoms with van der Waals surface area (Å²) in [4.78, 5) is 10.8. The molecule has 0 bridgehead atoms. The first kappa shape index (κ1) is 9.67. The fourth-order valence-electron chi connectivity index (χ4n) is 1.23. The van der Waals surface area contributed by atoms with Gasteiger partial charge in [-0.05, 0) is 24.9 Å². The van der Waals surface area contributed by atoms with Crippen LogP contribution in [0.3, 0.4) is 0 Å². The van der Waals surface area contributed by atoms with Crippen LogP contribution < -0.4 is 5.32 Å². The van der Waals surface area contributed by atoms with Crippen molar-refractivity contribution in [1.82, 2.24) is 5.32 Å². The second kappa shape index (κ2) is 3.14. The van der Waals surface area contributed by atoms with Gasteiger partial charge in [0, 0.05) is 23.6 Å². The predicted octanol–water partition coefficient (Wildman–Crippen LogP) is -0.220. The largest absolute Gasteiger partial charge is 0.772 e. The van der Waals surface area contributed by atoms with E-state index in [1.807, 2.05) is 0 Å². The van der Waals surface area contributed by atoms with Crippen LogP contribution in [0.25, 0.3) is 0 Å². The summed E-state index contributed by atoms with van der Waals surface area (Å²) < 4.78 is 20.7. The van der Waals surface area contributed by atoms with Crippen LogP contribution >= 0.6 is 0 Å². The Kier molecular flexibility index (Phi) is 2.53. The van der Waals surface area contributed by atoms with Gasteiger partial charge in [-0.15, -0.1) is 0 Å². The van der Waals surface area contributed by atoms with Crippen molar-refractivity contribution in [1.29, 1.82) is 0 Å². The van der Waals surface area contributed by atoms with Gasteiger partial charge in [0.2, 0.25) is 5.91 Å². The van der Waals surface area contributed by atoms with Gasteiger partial charge in [-0.3, -0.25) is 9.00 Å². The predicted molar refractivity (Wildman–Crippen MR) is 44.1 cm³/mol. The van der Waals surface area contributed by atoms with E-state index in [2.05, 4.69) is 5.32 Å². The zero-order chi connectivity index (χ0) is 9.35. The van der Waals surface area contributed by atoms with E-state index in [0.717, 1.165) is 0 Å². The molecule has 1 saturated heterocycles. The molecular weight excluding hydrogens is 178 g/mol. The second-order valence-corrected chi connectivity index (χ2v) is 5.06. The summed E-state index contributed by atoms with van der Waals surface area (Å²) in [6.07, 6.45) is 0.320. The van der Waals surface area contributed by atoms with E-state index in [-0.39, 0.29) is 11.8 Å². The number of hydrogen-bond donors (Lipinski definition) is 1. The lowest BCUT2D eigenvalue weighted by Crippen LogP contribution is -2.37. The van der Waals surface area contributed by atoms with Crippen LogP contribution in [0.2, 0.25) is 0 Å². The average Bonchev–Trinajstić information content (AvgIpc) is 2.35. The summed E-state index contributed by atoms with van der Waals surface area (Å²) in [6.45, 7) is 3.75. The SMILES string of the molecule is CC(C)([C@H]1CNC(=O)C1)S(=O)[O-]. The standard InChI is InChI=1S/C7H13NO3S/c1-7(2,12(10)11)5-3-6(9)8-4-5/h5H,3-4H2,1-2H3,(H,8,9)(H,10,11)/p-1/t5-/m1/s1. The molecule has 70 valence electrons. The Labute approximate surface area is 74.0 Å². The van der Waals surface area contributed by atoms with Gasteiger partial charge >= 0.3 is 0 Å². The molecule has 12 heavy (non-hydrogen) atoms. The Bertz CT molecular complexity index is 227. The maximum absolute atomic E-state index is 10.8. The van der Waals surface area contributed by atoms with Crippen molar-refractivity contribution in [2.75, 3.05) is 6.54 Å². The highest BCUT2D eigenvalue weighted by Crippen LogP contribution is 2.27. The van der Waals surface area contributed by atoms with Crippen LogP contribution in [0.5, 0.6) is 0 Å². The first-order valence-electron chi connectivity index (χ1n) is 3.80. The Balaban J connectivity index is 2.70. The van der Waals surface area contributed by atoms with Gasteiger partial charge in [0.25, 0.3) is 0 Å². The van der Waals surface area contributed by atoms with Gasteiger partial charge in [0.15, 0.2) is 0 Å². The molecule has 0 aliphatic carbocycles. The fraction of sp³-hybridized carbons (Fsp3) is 0.857. The Hall–Kier alpha value is -0.420. The molecule has 1 aliphatic rings. The molecule has 1 amide bonds. The molecular formula is C7H12NO3S-. The normalized spacial score (nSPS) is 26.9. The van der Waals surface area contributed by atoms with Gasteiger partial charge in [-0.1, -0.05) is 0 Å². The average molecular weight is 190 g/mol. The molecule has 4 nitrogen and oxygen atoms in total. The van der Waals surface area contributed by atoms with Crippen molar-refractivity contribution in [3.63, 3.8) is 0 Å². The number of hydrogen-bond acceptors (Lipinski definition) is 3. The summed E-state index contributed by atoms with van der Waals surface area (Å²) in [5, 5.41) is 2.62. The van der Waals surface area contributed by atoms with E-state index < -0.39 is 15.8 Å². The molecule has 1 heterocycles.